The van der Waals surface area contributed by atoms with Gasteiger partial charge in [0.1, 0.15) is 17.7 Å². The summed E-state index contributed by atoms with van der Waals surface area (Å²) in [5, 5.41) is 26.0. The summed E-state index contributed by atoms with van der Waals surface area (Å²) in [5.41, 5.74) is -3.51. The Morgan fingerprint density at radius 1 is 1.00 bits per heavy atom. The Labute approximate surface area is 317 Å². The minimum atomic E-state index is -5.09. The van der Waals surface area contributed by atoms with E-state index in [0.717, 1.165) is 11.6 Å². The van der Waals surface area contributed by atoms with Gasteiger partial charge in [0, 0.05) is 61.0 Å². The van der Waals surface area contributed by atoms with Crippen molar-refractivity contribution in [2.24, 2.45) is 5.92 Å². The van der Waals surface area contributed by atoms with Crippen LogP contribution in [0.15, 0.2) is 72.9 Å². The van der Waals surface area contributed by atoms with Crippen LogP contribution in [0.25, 0.3) is 10.9 Å². The largest absolute Gasteiger partial charge is 0.493 e. The summed E-state index contributed by atoms with van der Waals surface area (Å²) in [6.45, 7) is 8.52. The number of piperidine rings is 1. The smallest absolute Gasteiger partial charge is 0.422 e. The topological polar surface area (TPSA) is 145 Å². The van der Waals surface area contributed by atoms with Gasteiger partial charge in [-0.15, -0.1) is 0 Å². The zero-order chi connectivity index (χ0) is 40.3. The number of benzene rings is 3. The van der Waals surface area contributed by atoms with Crippen molar-refractivity contribution in [3.8, 4) is 11.5 Å². The van der Waals surface area contributed by atoms with Crippen molar-refractivity contribution in [2.45, 2.75) is 83.5 Å². The Hall–Kier alpha value is -5.15. The van der Waals surface area contributed by atoms with Crippen LogP contribution >= 0.6 is 0 Å². The monoisotopic (exact) mass is 768 g/mol. The van der Waals surface area contributed by atoms with Crippen molar-refractivity contribution in [3.63, 3.8) is 0 Å². The van der Waals surface area contributed by atoms with E-state index < -0.39 is 52.9 Å². The minimum absolute atomic E-state index is 0.0633. The van der Waals surface area contributed by atoms with Crippen LogP contribution in [0.1, 0.15) is 68.9 Å². The lowest BCUT2D eigenvalue weighted by atomic mass is 9.91. The molecule has 0 aliphatic carbocycles. The number of nitrogens with one attached hydrogen (secondary N) is 1. The number of esters is 1. The van der Waals surface area contributed by atoms with E-state index in [0.29, 0.717) is 18.6 Å². The number of methoxy groups -OCH3 is 1. The number of nitro benzene ring substituents is 1. The highest BCUT2D eigenvalue weighted by molar-refractivity contribution is 5.97. The summed E-state index contributed by atoms with van der Waals surface area (Å²) in [7, 11) is 1.41. The third kappa shape index (κ3) is 9.57. The molecule has 1 fully saturated rings. The molecule has 1 saturated heterocycles. The number of halogens is 3. The predicted molar refractivity (Wildman–Crippen MR) is 199 cm³/mol. The molecule has 2 atom stereocenters. The number of rotatable bonds is 13. The molecule has 3 aromatic carbocycles. The Balaban J connectivity index is 1.30. The van der Waals surface area contributed by atoms with Crippen molar-refractivity contribution >= 4 is 28.5 Å². The molecule has 0 spiro atoms. The molecule has 12 nitrogen and oxygen atoms in total. The van der Waals surface area contributed by atoms with Gasteiger partial charge >= 0.3 is 12.1 Å². The number of nitrogens with zero attached hydrogens (tertiary/aromatic N) is 3. The molecular weight excluding hydrogens is 721 g/mol. The third-order valence-corrected chi connectivity index (χ3v) is 9.51. The van der Waals surface area contributed by atoms with Crippen LogP contribution in [-0.4, -0.2) is 82.0 Å². The fraction of sp³-hybridized carbons (Fsp3) is 0.450. The van der Waals surface area contributed by atoms with Gasteiger partial charge in [-0.3, -0.25) is 19.8 Å². The number of nitro groups is 1. The van der Waals surface area contributed by atoms with E-state index in [-0.39, 0.29) is 59.0 Å². The van der Waals surface area contributed by atoms with E-state index in [1.807, 2.05) is 0 Å². The molecule has 1 aliphatic heterocycles. The van der Waals surface area contributed by atoms with E-state index in [1.54, 1.807) is 71.0 Å². The number of likely N-dealkylation sites (tertiary alicyclic amines) is 1. The van der Waals surface area contributed by atoms with Gasteiger partial charge in [0.25, 0.3) is 11.6 Å². The third-order valence-electron chi connectivity index (χ3n) is 9.51. The number of fused-ring (bicyclic) bond motifs is 1. The molecule has 5 rings (SSSR count). The van der Waals surface area contributed by atoms with Gasteiger partial charge in [-0.2, -0.15) is 13.2 Å². The fourth-order valence-electron chi connectivity index (χ4n) is 6.64. The van der Waals surface area contributed by atoms with Crippen LogP contribution < -0.4 is 14.8 Å². The summed E-state index contributed by atoms with van der Waals surface area (Å²) in [4.78, 5) is 38.4. The number of amides is 1. The normalized spacial score (nSPS) is 16.1. The van der Waals surface area contributed by atoms with Gasteiger partial charge in [-0.05, 0) is 69.4 Å². The van der Waals surface area contributed by atoms with E-state index in [2.05, 4.69) is 5.32 Å². The molecule has 1 aromatic heterocycles. The van der Waals surface area contributed by atoms with Crippen molar-refractivity contribution in [1.29, 1.82) is 0 Å². The summed E-state index contributed by atoms with van der Waals surface area (Å²) in [6, 6.07) is 16.3. The molecule has 0 radical (unpaired) electrons. The molecule has 0 saturated carbocycles. The number of hydrogen-bond acceptors (Lipinski definition) is 9. The average molecular weight is 769 g/mol. The first kappa shape index (κ1) is 41.0. The molecule has 2 N–H and O–H groups in total. The number of ether oxygens (including phenoxy) is 3. The lowest BCUT2D eigenvalue weighted by Crippen LogP contribution is -2.53. The van der Waals surface area contributed by atoms with Crippen LogP contribution in [0.3, 0.4) is 0 Å². The summed E-state index contributed by atoms with van der Waals surface area (Å²) < 4.78 is 63.6. The van der Waals surface area contributed by atoms with Gasteiger partial charge in [-0.25, -0.2) is 4.79 Å². The zero-order valence-electron chi connectivity index (χ0n) is 31.7. The van der Waals surface area contributed by atoms with Crippen molar-refractivity contribution < 1.29 is 47.0 Å². The van der Waals surface area contributed by atoms with Crippen molar-refractivity contribution in [1.82, 2.24) is 14.8 Å². The van der Waals surface area contributed by atoms with E-state index in [1.165, 1.54) is 47.0 Å². The first-order valence-corrected chi connectivity index (χ1v) is 18.0. The fourth-order valence-corrected chi connectivity index (χ4v) is 6.64. The van der Waals surface area contributed by atoms with E-state index in [9.17, 15) is 38.0 Å². The van der Waals surface area contributed by atoms with Crippen molar-refractivity contribution in [2.75, 3.05) is 26.7 Å². The summed E-state index contributed by atoms with van der Waals surface area (Å²) in [6.07, 6.45) is -3.60. The number of aromatic nitrogens is 1. The number of carbonyl (C=O) groups excluding carboxylic acids is 2. The average Bonchev–Trinajstić information content (AvgIpc) is 3.48. The minimum Gasteiger partial charge on any atom is -0.493 e. The van der Waals surface area contributed by atoms with Gasteiger partial charge in [0.05, 0.1) is 17.5 Å². The molecule has 15 heteroatoms. The second kappa shape index (κ2) is 16.3. The first-order chi connectivity index (χ1) is 25.8. The predicted octanol–water partition coefficient (Wildman–Crippen LogP) is 7.00. The van der Waals surface area contributed by atoms with Crippen molar-refractivity contribution in [3.05, 3.63) is 99.7 Å². The molecule has 4 aromatic rings. The Morgan fingerprint density at radius 2 is 1.67 bits per heavy atom. The first-order valence-electron chi connectivity index (χ1n) is 18.0. The van der Waals surface area contributed by atoms with Crippen LogP contribution in [0, 0.1) is 16.0 Å². The summed E-state index contributed by atoms with van der Waals surface area (Å²) in [5.74, 6) is -0.723. The van der Waals surface area contributed by atoms with E-state index >= 15 is 0 Å². The lowest BCUT2D eigenvalue weighted by Gasteiger charge is -2.39. The maximum absolute atomic E-state index is 15.0. The highest BCUT2D eigenvalue weighted by Gasteiger charge is 2.57. The van der Waals surface area contributed by atoms with Gasteiger partial charge in [-0.1, -0.05) is 44.2 Å². The molecule has 55 heavy (non-hydrogen) atoms. The Kier molecular flexibility index (Phi) is 12.2. The maximum Gasteiger partial charge on any atom is 0.422 e. The Morgan fingerprint density at radius 3 is 2.25 bits per heavy atom. The van der Waals surface area contributed by atoms with Crippen LogP contribution in [0.5, 0.6) is 11.5 Å². The second-order valence-electron chi connectivity index (χ2n) is 15.2. The molecule has 2 heterocycles. The quantitative estimate of drug-likeness (QED) is 0.0835. The number of β-amino-alcohol motifs (C(OH)–C–C–N with tert-alkyl or cyclic N) is 1. The van der Waals surface area contributed by atoms with Gasteiger partial charge in [0.2, 0.25) is 5.60 Å². The zero-order valence-corrected chi connectivity index (χ0v) is 31.7. The van der Waals surface area contributed by atoms with Gasteiger partial charge in [0.15, 0.2) is 11.5 Å². The SMILES string of the molecule is COc1cc(C(=O)N[C@@H](C(=O)OC(C)(C)C)C(C)C)ccc1OC1CCN(CC(O)(c2cn(Cc3ccccc3)c3cc([N+](=O)[O-])ccc23)C(F)(F)F)CC1. The van der Waals surface area contributed by atoms with Crippen LogP contribution in [0.2, 0.25) is 0 Å². The molecular formula is C40H47F3N4O8. The highest BCUT2D eigenvalue weighted by atomic mass is 19.4. The van der Waals surface area contributed by atoms with Crippen LogP contribution in [-0.2, 0) is 21.7 Å². The number of alkyl halides is 3. The standard InChI is InChI=1S/C40H47F3N4O8/c1-25(2)35(37(49)55-38(3,4)5)44-36(48)27-12-15-33(34(20-27)53-6)54-29-16-18-45(19-17-29)24-39(50,40(41,42)43)31-23-46(22-26-10-8-7-9-11-26)32-21-28(47(51)52)13-14-30(31)32/h7-15,20-21,23,25,29,35,50H,16-19,22,24H2,1-6H3,(H,44,48)/t35-,39?/m1/s1. The number of hydrogen-bond donors (Lipinski definition) is 2. The summed E-state index contributed by atoms with van der Waals surface area (Å²) >= 11 is 0. The number of carbonyl (C=O) groups is 2. The number of aliphatic hydroxyl groups is 1. The van der Waals surface area contributed by atoms with Crippen LogP contribution in [0.4, 0.5) is 18.9 Å². The maximum atomic E-state index is 15.0. The Bertz CT molecular complexity index is 2000. The second-order valence-corrected chi connectivity index (χ2v) is 15.2. The lowest BCUT2D eigenvalue weighted by molar-refractivity contribution is -0.384. The van der Waals surface area contributed by atoms with Gasteiger partial charge < -0.3 is 29.2 Å². The molecule has 1 aliphatic rings. The number of non-ortho nitro benzene ring substituents is 1. The molecule has 296 valence electrons. The van der Waals surface area contributed by atoms with E-state index in [4.69, 9.17) is 14.2 Å². The molecule has 0 bridgehead atoms. The molecule has 1 amide bonds. The molecule has 1 unspecified atom stereocenters. The highest BCUT2D eigenvalue weighted by Crippen LogP contribution is 2.44.